The molecule has 4 aromatic rings. The summed E-state index contributed by atoms with van der Waals surface area (Å²) in [5, 5.41) is 9.76. The number of hydrogen-bond donors (Lipinski definition) is 0. The third-order valence-corrected chi connectivity index (χ3v) is 6.63. The van der Waals surface area contributed by atoms with Crippen LogP contribution in [0.4, 0.5) is 0 Å². The van der Waals surface area contributed by atoms with Crippen molar-refractivity contribution in [1.82, 2.24) is 19.2 Å². The van der Waals surface area contributed by atoms with Gasteiger partial charge in [-0.25, -0.2) is 4.98 Å². The fourth-order valence-corrected chi connectivity index (χ4v) is 4.55. The minimum absolute atomic E-state index is 0.637. The average Bonchev–Trinajstić information content (AvgIpc) is 3.27. The third-order valence-electron chi connectivity index (χ3n) is 6.31. The first-order valence-corrected chi connectivity index (χ1v) is 11.3. The molecule has 0 saturated carbocycles. The maximum Gasteiger partial charge on any atom is 0.137 e. The number of hydrogen-bond acceptors (Lipinski definition) is 4. The van der Waals surface area contributed by atoms with Crippen LogP contribution in [0.15, 0.2) is 73.6 Å². The molecule has 0 bridgehead atoms. The molecule has 1 saturated heterocycles. The summed E-state index contributed by atoms with van der Waals surface area (Å²) in [6, 6.07) is 19.9. The van der Waals surface area contributed by atoms with Crippen molar-refractivity contribution in [2.24, 2.45) is 0 Å². The average molecular weight is 454 g/mol. The maximum absolute atomic E-state index is 9.07. The molecule has 5 rings (SSSR count). The van der Waals surface area contributed by atoms with E-state index in [9.17, 15) is 0 Å². The number of pyridine rings is 1. The van der Waals surface area contributed by atoms with Crippen LogP contribution in [0.5, 0.6) is 0 Å². The van der Waals surface area contributed by atoms with Gasteiger partial charge in [0.05, 0.1) is 23.5 Å². The number of rotatable bonds is 4. The van der Waals surface area contributed by atoms with E-state index in [1.54, 1.807) is 0 Å². The molecule has 164 valence electrons. The van der Waals surface area contributed by atoms with Crippen molar-refractivity contribution in [2.45, 2.75) is 0 Å². The molecule has 1 aliphatic rings. The van der Waals surface area contributed by atoms with Gasteiger partial charge in [-0.15, -0.1) is 0 Å². The first-order chi connectivity index (χ1) is 16.0. The molecule has 2 aromatic carbocycles. The van der Waals surface area contributed by atoms with Gasteiger partial charge in [0.1, 0.15) is 5.65 Å². The Kier molecular flexibility index (Phi) is 5.63. The highest BCUT2D eigenvalue weighted by atomic mass is 35.5. The van der Waals surface area contributed by atoms with Gasteiger partial charge in [0.25, 0.3) is 0 Å². The summed E-state index contributed by atoms with van der Waals surface area (Å²) in [7, 11) is 2.15. The van der Waals surface area contributed by atoms with E-state index < -0.39 is 0 Å². The molecule has 0 unspecified atom stereocenters. The van der Waals surface area contributed by atoms with Crippen molar-refractivity contribution in [3.05, 3.63) is 89.7 Å². The highest BCUT2D eigenvalue weighted by Gasteiger charge is 2.17. The van der Waals surface area contributed by atoms with Crippen molar-refractivity contribution in [2.75, 3.05) is 33.2 Å². The molecule has 1 fully saturated rings. The van der Waals surface area contributed by atoms with Crippen LogP contribution in [0.3, 0.4) is 0 Å². The minimum atomic E-state index is 0.637. The molecule has 33 heavy (non-hydrogen) atoms. The molecule has 2 aromatic heterocycles. The predicted molar refractivity (Wildman–Crippen MR) is 134 cm³/mol. The third kappa shape index (κ3) is 4.11. The lowest BCUT2D eigenvalue weighted by molar-refractivity contribution is 0.207. The monoisotopic (exact) mass is 453 g/mol. The largest absolute Gasteiger partial charge is 0.369 e. The van der Waals surface area contributed by atoms with Crippen molar-refractivity contribution in [3.8, 4) is 28.5 Å². The van der Waals surface area contributed by atoms with Gasteiger partial charge < -0.3 is 9.80 Å². The van der Waals surface area contributed by atoms with Gasteiger partial charge in [-0.1, -0.05) is 42.4 Å². The van der Waals surface area contributed by atoms with Crippen LogP contribution < -0.4 is 0 Å². The molecular formula is C27H24ClN5. The van der Waals surface area contributed by atoms with Gasteiger partial charge in [-0.2, -0.15) is 5.26 Å². The van der Waals surface area contributed by atoms with Gasteiger partial charge >= 0.3 is 0 Å². The number of halogens is 1. The van der Waals surface area contributed by atoms with E-state index in [2.05, 4.69) is 57.2 Å². The SMILES string of the molecule is C=C(c1ccc(-c2ccc3ncc(-c4ccc(C#N)cc4)n3c2)c(Cl)c1)N1CCN(C)CC1. The van der Waals surface area contributed by atoms with Crippen LogP contribution >= 0.6 is 11.6 Å². The zero-order valence-electron chi connectivity index (χ0n) is 18.5. The van der Waals surface area contributed by atoms with Crippen molar-refractivity contribution in [3.63, 3.8) is 0 Å². The molecule has 1 aliphatic heterocycles. The molecule has 3 heterocycles. The molecular weight excluding hydrogens is 430 g/mol. The van der Waals surface area contributed by atoms with E-state index >= 15 is 0 Å². The van der Waals surface area contributed by atoms with Crippen LogP contribution in [0.2, 0.25) is 5.02 Å². The van der Waals surface area contributed by atoms with Gasteiger partial charge in [0, 0.05) is 54.2 Å². The minimum Gasteiger partial charge on any atom is -0.369 e. The topological polar surface area (TPSA) is 47.6 Å². The quantitative estimate of drug-likeness (QED) is 0.414. The molecule has 0 amide bonds. The number of aromatic nitrogens is 2. The summed E-state index contributed by atoms with van der Waals surface area (Å²) >= 11 is 6.76. The first kappa shape index (κ1) is 21.3. The maximum atomic E-state index is 9.07. The summed E-state index contributed by atoms with van der Waals surface area (Å²) in [4.78, 5) is 9.19. The summed E-state index contributed by atoms with van der Waals surface area (Å²) in [5.74, 6) is 0. The second kappa shape index (κ2) is 8.74. The smallest absolute Gasteiger partial charge is 0.137 e. The van der Waals surface area contributed by atoms with Crippen LogP contribution in [-0.2, 0) is 0 Å². The van der Waals surface area contributed by atoms with E-state index in [1.165, 1.54) is 0 Å². The number of fused-ring (bicyclic) bond motifs is 1. The van der Waals surface area contributed by atoms with Crippen LogP contribution in [0.1, 0.15) is 11.1 Å². The van der Waals surface area contributed by atoms with Crippen molar-refractivity contribution < 1.29 is 0 Å². The molecule has 0 aliphatic carbocycles. The highest BCUT2D eigenvalue weighted by molar-refractivity contribution is 6.33. The van der Waals surface area contributed by atoms with Gasteiger partial charge in [0.15, 0.2) is 0 Å². The second-order valence-corrected chi connectivity index (χ2v) is 8.82. The zero-order chi connectivity index (χ0) is 22.9. The summed E-state index contributed by atoms with van der Waals surface area (Å²) in [5.41, 5.74) is 7.51. The molecule has 0 N–H and O–H groups in total. The van der Waals surface area contributed by atoms with E-state index in [-0.39, 0.29) is 0 Å². The lowest BCUT2D eigenvalue weighted by Crippen LogP contribution is -2.43. The number of imidazole rings is 1. The Labute approximate surface area is 198 Å². The van der Waals surface area contributed by atoms with E-state index in [0.29, 0.717) is 10.6 Å². The number of nitriles is 1. The van der Waals surface area contributed by atoms with Crippen LogP contribution in [-0.4, -0.2) is 52.4 Å². The Morgan fingerprint density at radius 3 is 2.42 bits per heavy atom. The molecule has 0 spiro atoms. The van der Waals surface area contributed by atoms with Gasteiger partial charge in [-0.3, -0.25) is 4.40 Å². The normalized spacial score (nSPS) is 14.4. The van der Waals surface area contributed by atoms with E-state index in [1.807, 2.05) is 48.7 Å². The molecule has 6 heteroatoms. The fraction of sp³-hybridized carbons (Fsp3) is 0.185. The summed E-state index contributed by atoms with van der Waals surface area (Å²) < 4.78 is 2.06. The number of likely N-dealkylation sites (N-methyl/N-ethyl adjacent to an activating group) is 1. The van der Waals surface area contributed by atoms with E-state index in [4.69, 9.17) is 16.9 Å². The summed E-state index contributed by atoms with van der Waals surface area (Å²) in [6.07, 6.45) is 3.91. The Balaban J connectivity index is 1.46. The van der Waals surface area contributed by atoms with Crippen molar-refractivity contribution in [1.29, 1.82) is 5.26 Å². The summed E-state index contributed by atoms with van der Waals surface area (Å²) in [6.45, 7) is 8.36. The van der Waals surface area contributed by atoms with Crippen LogP contribution in [0, 0.1) is 11.3 Å². The Morgan fingerprint density at radius 2 is 1.73 bits per heavy atom. The first-order valence-electron chi connectivity index (χ1n) is 10.9. The number of piperazine rings is 1. The fourth-order valence-electron chi connectivity index (χ4n) is 4.26. The molecule has 0 radical (unpaired) electrons. The number of nitrogens with zero attached hydrogens (tertiary/aromatic N) is 5. The Hall–Kier alpha value is -3.59. The lowest BCUT2D eigenvalue weighted by Gasteiger charge is -2.35. The zero-order valence-corrected chi connectivity index (χ0v) is 19.3. The molecule has 0 atom stereocenters. The Morgan fingerprint density at radius 1 is 1.00 bits per heavy atom. The van der Waals surface area contributed by atoms with E-state index in [0.717, 1.165) is 65.5 Å². The van der Waals surface area contributed by atoms with Gasteiger partial charge in [-0.05, 0) is 48.5 Å². The standard InChI is InChI=1S/C27H24ClN5/c1-19(32-13-11-31(2)12-14-32)22-7-9-24(25(28)15-22)23-8-10-27-30-17-26(33(27)18-23)21-5-3-20(16-29)4-6-21/h3-10,15,17-18H,1,11-14H2,2H3. The van der Waals surface area contributed by atoms with Crippen molar-refractivity contribution >= 4 is 22.9 Å². The Bertz CT molecular complexity index is 1370. The van der Waals surface area contributed by atoms with Crippen LogP contribution in [0.25, 0.3) is 33.7 Å². The molecule has 5 nitrogen and oxygen atoms in total. The highest BCUT2D eigenvalue weighted by Crippen LogP contribution is 2.33. The number of benzene rings is 2. The second-order valence-electron chi connectivity index (χ2n) is 8.41. The predicted octanol–water partition coefficient (Wildman–Crippen LogP) is 5.41. The lowest BCUT2D eigenvalue weighted by atomic mass is 10.0. The van der Waals surface area contributed by atoms with Gasteiger partial charge in [0.2, 0.25) is 0 Å².